The highest BCUT2D eigenvalue weighted by Gasteiger charge is 2.35. The number of amides is 1. The molecule has 4 rings (SSSR count). The number of nitriles is 1. The lowest BCUT2D eigenvalue weighted by Gasteiger charge is -2.41. The Bertz CT molecular complexity index is 1480. The predicted octanol–water partition coefficient (Wildman–Crippen LogP) is 2.87. The smallest absolute Gasteiger partial charge is 0.410 e. The minimum Gasteiger partial charge on any atom is -0.609 e. The van der Waals surface area contributed by atoms with Crippen molar-refractivity contribution in [2.24, 2.45) is 0 Å². The summed E-state index contributed by atoms with van der Waals surface area (Å²) < 4.78 is 19.3. The quantitative estimate of drug-likeness (QED) is 0.363. The van der Waals surface area contributed by atoms with Crippen LogP contribution in [-0.4, -0.2) is 72.8 Å². The number of benzene rings is 1. The number of anilines is 1. The Kier molecular flexibility index (Phi) is 7.62. The lowest BCUT2D eigenvalue weighted by Crippen LogP contribution is -2.56. The van der Waals surface area contributed by atoms with E-state index in [2.05, 4.69) is 21.1 Å². The molecule has 0 radical (unpaired) electrons. The maximum atomic E-state index is 13.6. The average molecular weight is 538 g/mol. The van der Waals surface area contributed by atoms with Gasteiger partial charge in [-0.15, -0.1) is 0 Å². The Hall–Kier alpha value is -3.69. The molecule has 1 saturated heterocycles. The van der Waals surface area contributed by atoms with Crippen LogP contribution in [0.3, 0.4) is 0 Å². The molecule has 3 aromatic rings. The lowest BCUT2D eigenvalue weighted by atomic mass is 10.1. The van der Waals surface area contributed by atoms with Crippen LogP contribution in [0.15, 0.2) is 34.3 Å². The maximum absolute atomic E-state index is 13.6. The molecule has 1 amide bonds. The SMILES string of the molecule is Cc1cccc(-n2ncc3c(N4CCN(C(=O)OC(C)(C)C)C(CC#N)C4)nc([S+](C)[O-])nc3c2=O)c1C. The van der Waals surface area contributed by atoms with Crippen LogP contribution in [-0.2, 0) is 15.9 Å². The Morgan fingerprint density at radius 2 is 2.00 bits per heavy atom. The molecule has 2 aromatic heterocycles. The molecule has 1 aromatic carbocycles. The van der Waals surface area contributed by atoms with E-state index in [1.807, 2.05) is 36.9 Å². The van der Waals surface area contributed by atoms with Gasteiger partial charge in [0.2, 0.25) is 0 Å². The first kappa shape index (κ1) is 27.3. The zero-order valence-electron chi connectivity index (χ0n) is 22.4. The zero-order valence-corrected chi connectivity index (χ0v) is 23.2. The fourth-order valence-corrected chi connectivity index (χ4v) is 4.82. The molecule has 0 saturated carbocycles. The molecule has 0 N–H and O–H groups in total. The second-order valence-electron chi connectivity index (χ2n) is 10.3. The number of aryl methyl sites for hydroxylation is 1. The van der Waals surface area contributed by atoms with Crippen molar-refractivity contribution in [2.75, 3.05) is 30.8 Å². The summed E-state index contributed by atoms with van der Waals surface area (Å²) >= 11 is -1.56. The molecule has 2 unspecified atom stereocenters. The normalized spacial score (nSPS) is 16.8. The first-order chi connectivity index (χ1) is 17.9. The molecule has 2 atom stereocenters. The van der Waals surface area contributed by atoms with E-state index >= 15 is 0 Å². The number of ether oxygens (including phenoxy) is 1. The molecule has 200 valence electrons. The van der Waals surface area contributed by atoms with Gasteiger partial charge in [0.1, 0.15) is 23.2 Å². The highest BCUT2D eigenvalue weighted by molar-refractivity contribution is 7.90. The highest BCUT2D eigenvalue weighted by atomic mass is 32.2. The van der Waals surface area contributed by atoms with Gasteiger partial charge >= 0.3 is 11.2 Å². The molecule has 0 spiro atoms. The Morgan fingerprint density at radius 1 is 1.26 bits per heavy atom. The average Bonchev–Trinajstić information content (AvgIpc) is 2.85. The topological polar surface area (TPSA) is 140 Å². The summed E-state index contributed by atoms with van der Waals surface area (Å²) in [6.07, 6.45) is 2.59. The molecule has 1 aliphatic rings. The third kappa shape index (κ3) is 5.44. The molecule has 12 heteroatoms. The van der Waals surface area contributed by atoms with Crippen LogP contribution >= 0.6 is 0 Å². The number of carbonyl (C=O) groups is 1. The summed E-state index contributed by atoms with van der Waals surface area (Å²) in [6, 6.07) is 7.30. The number of rotatable bonds is 4. The van der Waals surface area contributed by atoms with Gasteiger partial charge in [-0.05, 0) is 51.8 Å². The van der Waals surface area contributed by atoms with Crippen molar-refractivity contribution in [1.82, 2.24) is 24.6 Å². The van der Waals surface area contributed by atoms with E-state index in [-0.39, 0.29) is 30.2 Å². The summed E-state index contributed by atoms with van der Waals surface area (Å²) in [5, 5.41) is 14.3. The van der Waals surface area contributed by atoms with Crippen LogP contribution in [0.2, 0.25) is 0 Å². The summed E-state index contributed by atoms with van der Waals surface area (Å²) in [5.74, 6) is 0.393. The molecule has 1 aliphatic heterocycles. The number of fused-ring (bicyclic) bond motifs is 1. The van der Waals surface area contributed by atoms with Gasteiger partial charge in [-0.25, -0.2) is 4.79 Å². The van der Waals surface area contributed by atoms with Crippen LogP contribution in [0.5, 0.6) is 0 Å². The fourth-order valence-electron chi connectivity index (χ4n) is 4.38. The molecule has 0 aliphatic carbocycles. The maximum Gasteiger partial charge on any atom is 0.410 e. The van der Waals surface area contributed by atoms with Crippen molar-refractivity contribution in [3.05, 3.63) is 45.9 Å². The minimum atomic E-state index is -1.56. The van der Waals surface area contributed by atoms with E-state index in [0.717, 1.165) is 11.1 Å². The third-order valence-corrected chi connectivity index (χ3v) is 7.10. The lowest BCUT2D eigenvalue weighted by molar-refractivity contribution is 0.0145. The number of carbonyl (C=O) groups excluding carboxylic acids is 1. The predicted molar refractivity (Wildman–Crippen MR) is 144 cm³/mol. The number of aromatic nitrogens is 4. The van der Waals surface area contributed by atoms with E-state index in [9.17, 15) is 19.4 Å². The van der Waals surface area contributed by atoms with Gasteiger partial charge in [0.05, 0.1) is 35.8 Å². The van der Waals surface area contributed by atoms with E-state index < -0.39 is 34.5 Å². The summed E-state index contributed by atoms with van der Waals surface area (Å²) in [6.45, 7) is 10.2. The van der Waals surface area contributed by atoms with Gasteiger partial charge in [-0.2, -0.15) is 25.0 Å². The van der Waals surface area contributed by atoms with Crippen molar-refractivity contribution < 1.29 is 14.1 Å². The molecule has 0 bridgehead atoms. The van der Waals surface area contributed by atoms with Gasteiger partial charge in [0, 0.05) is 30.8 Å². The van der Waals surface area contributed by atoms with E-state index in [4.69, 9.17) is 4.74 Å². The molecule has 1 fully saturated rings. The highest BCUT2D eigenvalue weighted by Crippen LogP contribution is 2.27. The second-order valence-corrected chi connectivity index (χ2v) is 11.5. The van der Waals surface area contributed by atoms with Crippen molar-refractivity contribution in [1.29, 1.82) is 5.26 Å². The number of hydrogen-bond donors (Lipinski definition) is 0. The first-order valence-corrected chi connectivity index (χ1v) is 13.8. The van der Waals surface area contributed by atoms with Gasteiger partial charge in [0.25, 0.3) is 5.56 Å². The van der Waals surface area contributed by atoms with Crippen molar-refractivity contribution >= 4 is 34.0 Å². The summed E-state index contributed by atoms with van der Waals surface area (Å²) in [7, 11) is 0. The Labute approximate surface area is 224 Å². The monoisotopic (exact) mass is 537 g/mol. The third-order valence-electron chi connectivity index (χ3n) is 6.40. The largest absolute Gasteiger partial charge is 0.609 e. The Balaban J connectivity index is 1.79. The van der Waals surface area contributed by atoms with Gasteiger partial charge in [-0.3, -0.25) is 4.79 Å². The minimum absolute atomic E-state index is 0.0229. The number of piperazine rings is 1. The Morgan fingerprint density at radius 3 is 2.66 bits per heavy atom. The summed E-state index contributed by atoms with van der Waals surface area (Å²) in [4.78, 5) is 38.8. The first-order valence-electron chi connectivity index (χ1n) is 12.2. The van der Waals surface area contributed by atoms with Gasteiger partial charge in [-0.1, -0.05) is 12.1 Å². The van der Waals surface area contributed by atoms with Gasteiger partial charge in [0.15, 0.2) is 0 Å². The molecule has 3 heterocycles. The summed E-state index contributed by atoms with van der Waals surface area (Å²) in [5.41, 5.74) is 1.54. The van der Waals surface area contributed by atoms with E-state index in [0.29, 0.717) is 23.4 Å². The fraction of sp³-hybridized carbons (Fsp3) is 0.462. The van der Waals surface area contributed by atoms with Crippen LogP contribution in [0.1, 0.15) is 38.3 Å². The molecule has 11 nitrogen and oxygen atoms in total. The van der Waals surface area contributed by atoms with Crippen LogP contribution < -0.4 is 10.5 Å². The van der Waals surface area contributed by atoms with Crippen LogP contribution in [0, 0.1) is 25.2 Å². The van der Waals surface area contributed by atoms with Crippen LogP contribution in [0.4, 0.5) is 10.6 Å². The number of nitrogens with zero attached hydrogens (tertiary/aromatic N) is 7. The zero-order chi connectivity index (χ0) is 27.8. The molecular formula is C26H31N7O4S. The molecular weight excluding hydrogens is 506 g/mol. The van der Waals surface area contributed by atoms with Crippen molar-refractivity contribution in [2.45, 2.75) is 57.8 Å². The van der Waals surface area contributed by atoms with Crippen LogP contribution in [0.25, 0.3) is 16.6 Å². The van der Waals surface area contributed by atoms with E-state index in [1.165, 1.54) is 17.1 Å². The van der Waals surface area contributed by atoms with Crippen molar-refractivity contribution in [3.63, 3.8) is 0 Å². The second kappa shape index (κ2) is 10.6. The standard InChI is InChI=1S/C26H31N7O4S/c1-16-8-7-9-20(17(16)2)33-23(34)21-19(14-28-33)22(30-24(29-21)38(6)36)31-12-13-32(18(15-31)10-11-27)25(35)37-26(3,4)5/h7-9,14,18H,10,12-13,15H2,1-6H3. The molecule has 38 heavy (non-hydrogen) atoms. The number of hydrogen-bond acceptors (Lipinski definition) is 9. The van der Waals surface area contributed by atoms with Crippen molar-refractivity contribution in [3.8, 4) is 11.8 Å². The van der Waals surface area contributed by atoms with Gasteiger partial charge < -0.3 is 19.1 Å². The van der Waals surface area contributed by atoms with E-state index in [1.54, 1.807) is 25.7 Å².